The molecule has 2 N–H and O–H groups in total. The second kappa shape index (κ2) is 11.0. The Balaban J connectivity index is 2.21. The van der Waals surface area contributed by atoms with Crippen LogP contribution in [0.5, 0.6) is 0 Å². The molecule has 1 rings (SSSR count). The Labute approximate surface area is 132 Å². The summed E-state index contributed by atoms with van der Waals surface area (Å²) in [7, 11) is 5.55. The minimum absolute atomic E-state index is 0.220. The predicted octanol–water partition coefficient (Wildman–Crippen LogP) is 1.46. The molecule has 0 atom stereocenters. The lowest BCUT2D eigenvalue weighted by atomic mass is 10.2. The van der Waals surface area contributed by atoms with Crippen LogP contribution < -0.4 is 10.6 Å². The number of likely N-dealkylation sites (N-methyl/N-ethyl adjacent to an activating group) is 1. The number of hydrogen-bond donors (Lipinski definition) is 2. The van der Waals surface area contributed by atoms with Crippen LogP contribution in [-0.2, 0) is 11.3 Å². The number of rotatable bonds is 9. The molecule has 0 aromatic heterocycles. The number of aliphatic imine (C=N–C) groups is 1. The van der Waals surface area contributed by atoms with Gasteiger partial charge in [0.05, 0.1) is 0 Å². The highest BCUT2D eigenvalue weighted by molar-refractivity contribution is 5.79. The summed E-state index contributed by atoms with van der Waals surface area (Å²) in [4.78, 5) is 6.42. The summed E-state index contributed by atoms with van der Waals surface area (Å²) < 4.78 is 17.9. The van der Waals surface area contributed by atoms with Crippen molar-refractivity contribution in [3.63, 3.8) is 0 Å². The average molecular weight is 310 g/mol. The van der Waals surface area contributed by atoms with Crippen LogP contribution in [0.25, 0.3) is 0 Å². The van der Waals surface area contributed by atoms with Crippen LogP contribution in [0.15, 0.2) is 29.3 Å². The zero-order valence-electron chi connectivity index (χ0n) is 13.7. The first kappa shape index (κ1) is 18.4. The highest BCUT2D eigenvalue weighted by atomic mass is 19.1. The van der Waals surface area contributed by atoms with Crippen LogP contribution in [0.4, 0.5) is 4.39 Å². The molecule has 5 nitrogen and oxygen atoms in total. The van der Waals surface area contributed by atoms with Crippen LogP contribution in [0.2, 0.25) is 0 Å². The van der Waals surface area contributed by atoms with Gasteiger partial charge >= 0.3 is 0 Å². The molecule has 0 aliphatic heterocycles. The van der Waals surface area contributed by atoms with Crippen molar-refractivity contribution in [3.05, 3.63) is 35.6 Å². The van der Waals surface area contributed by atoms with Crippen LogP contribution in [-0.4, -0.2) is 58.3 Å². The molecule has 6 heteroatoms. The molecule has 0 bridgehead atoms. The Morgan fingerprint density at radius 1 is 1.23 bits per heavy atom. The molecule has 0 aliphatic rings. The molecule has 1 aromatic rings. The number of halogens is 1. The van der Waals surface area contributed by atoms with Gasteiger partial charge in [0.15, 0.2) is 5.96 Å². The summed E-state index contributed by atoms with van der Waals surface area (Å²) in [6, 6.07) is 6.45. The van der Waals surface area contributed by atoms with Crippen molar-refractivity contribution in [2.24, 2.45) is 4.99 Å². The van der Waals surface area contributed by atoms with Crippen molar-refractivity contribution in [1.29, 1.82) is 0 Å². The van der Waals surface area contributed by atoms with Gasteiger partial charge in [-0.3, -0.25) is 4.99 Å². The summed E-state index contributed by atoms with van der Waals surface area (Å²) in [6.45, 7) is 4.16. The third-order valence-corrected chi connectivity index (χ3v) is 3.27. The van der Waals surface area contributed by atoms with E-state index in [0.717, 1.165) is 44.2 Å². The smallest absolute Gasteiger partial charge is 0.191 e. The fraction of sp³-hybridized carbons (Fsp3) is 0.562. The monoisotopic (exact) mass is 310 g/mol. The van der Waals surface area contributed by atoms with Gasteiger partial charge in [0.1, 0.15) is 5.82 Å². The number of methoxy groups -OCH3 is 1. The lowest BCUT2D eigenvalue weighted by molar-refractivity contribution is 0.180. The molecular weight excluding hydrogens is 283 g/mol. The normalized spacial score (nSPS) is 11.8. The molecule has 0 aliphatic carbocycles. The van der Waals surface area contributed by atoms with Crippen molar-refractivity contribution in [1.82, 2.24) is 15.5 Å². The Kier molecular flexibility index (Phi) is 9.18. The van der Waals surface area contributed by atoms with Crippen molar-refractivity contribution in [2.75, 3.05) is 47.4 Å². The van der Waals surface area contributed by atoms with Gasteiger partial charge < -0.3 is 20.3 Å². The van der Waals surface area contributed by atoms with E-state index < -0.39 is 0 Å². The summed E-state index contributed by atoms with van der Waals surface area (Å²) >= 11 is 0. The molecule has 0 amide bonds. The van der Waals surface area contributed by atoms with E-state index in [1.807, 2.05) is 0 Å². The van der Waals surface area contributed by atoms with Crippen LogP contribution >= 0.6 is 0 Å². The Morgan fingerprint density at radius 3 is 2.59 bits per heavy atom. The van der Waals surface area contributed by atoms with Gasteiger partial charge in [-0.1, -0.05) is 12.1 Å². The summed E-state index contributed by atoms with van der Waals surface area (Å²) in [5, 5.41) is 6.47. The maximum absolute atomic E-state index is 12.8. The molecule has 1 aromatic carbocycles. The number of nitrogens with zero attached hydrogens (tertiary/aromatic N) is 2. The Bertz CT molecular complexity index is 436. The Hall–Kier alpha value is -1.66. The van der Waals surface area contributed by atoms with Crippen LogP contribution in [0, 0.1) is 5.82 Å². The number of benzene rings is 1. The first-order chi connectivity index (χ1) is 10.7. The van der Waals surface area contributed by atoms with Gasteiger partial charge in [-0.05, 0) is 31.2 Å². The first-order valence-electron chi connectivity index (χ1n) is 7.52. The number of ether oxygens (including phenoxy) is 1. The lowest BCUT2D eigenvalue weighted by Gasteiger charge is -2.18. The SMILES string of the molecule is CN=C(NCCN(C)CCCOC)NCc1ccc(F)cc1. The van der Waals surface area contributed by atoms with E-state index >= 15 is 0 Å². The minimum atomic E-state index is -0.220. The number of nitrogens with one attached hydrogen (secondary N) is 2. The van der Waals surface area contributed by atoms with E-state index in [2.05, 4.69) is 27.6 Å². The van der Waals surface area contributed by atoms with Crippen LogP contribution in [0.3, 0.4) is 0 Å². The topological polar surface area (TPSA) is 48.9 Å². The molecular formula is C16H27FN4O. The summed E-state index contributed by atoms with van der Waals surface area (Å²) in [5.74, 6) is 0.525. The maximum Gasteiger partial charge on any atom is 0.191 e. The fourth-order valence-corrected chi connectivity index (χ4v) is 1.96. The zero-order valence-corrected chi connectivity index (χ0v) is 13.7. The molecule has 0 fully saturated rings. The van der Waals surface area contributed by atoms with Crippen LogP contribution in [0.1, 0.15) is 12.0 Å². The van der Waals surface area contributed by atoms with Gasteiger partial charge in [-0.25, -0.2) is 4.39 Å². The van der Waals surface area contributed by atoms with Gasteiger partial charge in [0.2, 0.25) is 0 Å². The van der Waals surface area contributed by atoms with Gasteiger partial charge in [-0.15, -0.1) is 0 Å². The van der Waals surface area contributed by atoms with Gasteiger partial charge in [0, 0.05) is 46.9 Å². The van der Waals surface area contributed by atoms with Crippen molar-refractivity contribution in [2.45, 2.75) is 13.0 Å². The first-order valence-corrected chi connectivity index (χ1v) is 7.52. The van der Waals surface area contributed by atoms with Gasteiger partial charge in [-0.2, -0.15) is 0 Å². The van der Waals surface area contributed by atoms with E-state index in [4.69, 9.17) is 4.74 Å². The summed E-state index contributed by atoms with van der Waals surface area (Å²) in [5.41, 5.74) is 1.01. The second-order valence-corrected chi connectivity index (χ2v) is 5.13. The molecule has 0 heterocycles. The minimum Gasteiger partial charge on any atom is -0.385 e. The fourth-order valence-electron chi connectivity index (χ4n) is 1.96. The van der Waals surface area contributed by atoms with Crippen molar-refractivity contribution in [3.8, 4) is 0 Å². The molecule has 0 unspecified atom stereocenters. The predicted molar refractivity (Wildman–Crippen MR) is 88.6 cm³/mol. The van der Waals surface area contributed by atoms with E-state index in [1.54, 1.807) is 26.3 Å². The molecule has 0 spiro atoms. The number of hydrogen-bond acceptors (Lipinski definition) is 3. The zero-order chi connectivity index (χ0) is 16.2. The summed E-state index contributed by atoms with van der Waals surface area (Å²) in [6.07, 6.45) is 1.03. The van der Waals surface area contributed by atoms with E-state index in [-0.39, 0.29) is 5.82 Å². The average Bonchev–Trinajstić information content (AvgIpc) is 2.52. The highest BCUT2D eigenvalue weighted by Gasteiger charge is 2.01. The largest absolute Gasteiger partial charge is 0.385 e. The van der Waals surface area contributed by atoms with Crippen molar-refractivity contribution >= 4 is 5.96 Å². The second-order valence-electron chi connectivity index (χ2n) is 5.13. The standard InChI is InChI=1S/C16H27FN4O/c1-18-16(19-9-11-21(2)10-4-12-22-3)20-13-14-5-7-15(17)8-6-14/h5-8H,4,9-13H2,1-3H3,(H2,18,19,20). The quantitative estimate of drug-likeness (QED) is 0.412. The van der Waals surface area contributed by atoms with Gasteiger partial charge in [0.25, 0.3) is 0 Å². The maximum atomic E-state index is 12.8. The lowest BCUT2D eigenvalue weighted by Crippen LogP contribution is -2.40. The number of guanidine groups is 1. The Morgan fingerprint density at radius 2 is 1.95 bits per heavy atom. The third kappa shape index (κ3) is 7.95. The van der Waals surface area contributed by atoms with E-state index in [0.29, 0.717) is 6.54 Å². The molecule has 0 saturated carbocycles. The van der Waals surface area contributed by atoms with Crippen molar-refractivity contribution < 1.29 is 9.13 Å². The third-order valence-electron chi connectivity index (χ3n) is 3.27. The molecule has 0 saturated heterocycles. The molecule has 124 valence electrons. The molecule has 22 heavy (non-hydrogen) atoms. The molecule has 0 radical (unpaired) electrons. The van der Waals surface area contributed by atoms with E-state index in [9.17, 15) is 4.39 Å². The highest BCUT2D eigenvalue weighted by Crippen LogP contribution is 2.01. The van der Waals surface area contributed by atoms with E-state index in [1.165, 1.54) is 12.1 Å².